The minimum Gasteiger partial charge on any atom is -0.327 e. The summed E-state index contributed by atoms with van der Waals surface area (Å²) in [6.07, 6.45) is 4.68. The lowest BCUT2D eigenvalue weighted by molar-refractivity contribution is -0.432. The van der Waals surface area contributed by atoms with Crippen LogP contribution in [0.5, 0.6) is 0 Å². The van der Waals surface area contributed by atoms with Gasteiger partial charge in [-0.15, -0.1) is 4.33 Å². The number of nitrogens with zero attached hydrogens (tertiary/aromatic N) is 2. The van der Waals surface area contributed by atoms with Crippen molar-refractivity contribution in [2.75, 3.05) is 16.7 Å². The van der Waals surface area contributed by atoms with Crippen molar-refractivity contribution in [3.05, 3.63) is 71.5 Å². The lowest BCUT2D eigenvalue weighted by atomic mass is 9.81. The van der Waals surface area contributed by atoms with Gasteiger partial charge in [-0.2, -0.15) is 29.8 Å². The Morgan fingerprint density at radius 1 is 0.907 bits per heavy atom. The molecule has 0 aromatic heterocycles. The van der Waals surface area contributed by atoms with Crippen molar-refractivity contribution < 1.29 is 58.1 Å². The number of allylic oxidation sites excluding steroid dienone is 4. The van der Waals surface area contributed by atoms with E-state index in [1.165, 1.54) is 21.6 Å². The van der Waals surface area contributed by atoms with Gasteiger partial charge in [0.2, 0.25) is 5.69 Å². The minimum atomic E-state index is -4.57. The van der Waals surface area contributed by atoms with Crippen LogP contribution in [-0.2, 0) is 50.6 Å². The first kappa shape index (κ1) is 33.2. The highest BCUT2D eigenvalue weighted by atomic mass is 32.2. The molecule has 2 aromatic carbocycles. The van der Waals surface area contributed by atoms with E-state index >= 15 is 0 Å². The van der Waals surface area contributed by atoms with Gasteiger partial charge >= 0.3 is 10.1 Å². The lowest BCUT2D eigenvalue weighted by Crippen LogP contribution is -2.31. The molecule has 0 radical (unpaired) electrons. The fraction of sp³-hybridized carbons (Fsp3) is 0.320. The van der Waals surface area contributed by atoms with Crippen LogP contribution in [0.25, 0.3) is 0 Å². The molecule has 0 fully saturated rings. The maximum Gasteiger partial charge on any atom is 0.326 e. The first-order chi connectivity index (χ1) is 19.7. The van der Waals surface area contributed by atoms with Crippen LogP contribution in [0.4, 0.5) is 11.4 Å². The average Bonchev–Trinajstić information content (AvgIpc) is 3.19. The average molecular weight is 678 g/mol. The molecule has 0 unspecified atom stereocenters. The zero-order valence-corrected chi connectivity index (χ0v) is 26.5. The summed E-state index contributed by atoms with van der Waals surface area (Å²) in [5, 5.41) is 12.1. The van der Waals surface area contributed by atoms with Crippen molar-refractivity contribution in [1.29, 1.82) is 0 Å². The molecule has 14 nitrogen and oxygen atoms in total. The monoisotopic (exact) mass is 677 g/mol. The molecular weight excluding hydrogens is 649 g/mol. The number of benzene rings is 2. The van der Waals surface area contributed by atoms with Crippen molar-refractivity contribution in [2.45, 2.75) is 48.3 Å². The molecular formula is C25H29N2O12S4+. The Balaban J connectivity index is 1.85. The molecule has 234 valence electrons. The number of anilines is 1. The molecule has 43 heavy (non-hydrogen) atoms. The van der Waals surface area contributed by atoms with Crippen LogP contribution in [0.1, 0.15) is 38.8 Å². The third-order valence-corrected chi connectivity index (χ3v) is 9.87. The van der Waals surface area contributed by atoms with Crippen LogP contribution >= 0.6 is 12.0 Å². The van der Waals surface area contributed by atoms with Crippen LogP contribution < -0.4 is 4.90 Å². The zero-order valence-electron chi connectivity index (χ0n) is 23.2. The van der Waals surface area contributed by atoms with Gasteiger partial charge in [-0.3, -0.25) is 13.7 Å². The van der Waals surface area contributed by atoms with E-state index in [4.69, 9.17) is 5.26 Å². The molecule has 0 saturated carbocycles. The van der Waals surface area contributed by atoms with Gasteiger partial charge in [0.15, 0.2) is 11.6 Å². The molecule has 2 heterocycles. The predicted octanol–water partition coefficient (Wildman–Crippen LogP) is 3.67. The smallest absolute Gasteiger partial charge is 0.326 e. The molecule has 4 rings (SSSR count). The van der Waals surface area contributed by atoms with Crippen LogP contribution in [0, 0.1) is 0 Å². The number of fused-ring (bicyclic) bond motifs is 2. The maximum absolute atomic E-state index is 12.0. The van der Waals surface area contributed by atoms with Crippen molar-refractivity contribution in [3.8, 4) is 0 Å². The summed E-state index contributed by atoms with van der Waals surface area (Å²) < 4.78 is 106. The summed E-state index contributed by atoms with van der Waals surface area (Å²) in [5.41, 5.74) is 0.748. The Kier molecular flexibility index (Phi) is 8.79. The summed E-state index contributed by atoms with van der Waals surface area (Å²) in [6, 6.07) is 8.58. The van der Waals surface area contributed by atoms with Gasteiger partial charge in [-0.05, 0) is 55.8 Å². The number of rotatable bonds is 10. The second-order valence-electron chi connectivity index (χ2n) is 10.9. The highest BCUT2D eigenvalue weighted by molar-refractivity contribution is 7.94. The normalized spacial score (nSPS) is 19.0. The third kappa shape index (κ3) is 6.88. The zero-order chi connectivity index (χ0) is 32.2. The van der Waals surface area contributed by atoms with Crippen molar-refractivity contribution >= 4 is 59.5 Å². The molecule has 0 atom stereocenters. The molecule has 0 bridgehead atoms. The van der Waals surface area contributed by atoms with E-state index in [0.717, 1.165) is 6.07 Å². The fourth-order valence-corrected chi connectivity index (χ4v) is 7.53. The van der Waals surface area contributed by atoms with Crippen LogP contribution in [0.15, 0.2) is 70.1 Å². The highest BCUT2D eigenvalue weighted by Gasteiger charge is 2.46. The van der Waals surface area contributed by atoms with Crippen LogP contribution in [0.3, 0.4) is 0 Å². The van der Waals surface area contributed by atoms with E-state index < -0.39 is 57.8 Å². The Labute approximate surface area is 253 Å². The largest absolute Gasteiger partial charge is 0.327 e. The fourth-order valence-electron chi connectivity index (χ4n) is 5.41. The predicted molar refractivity (Wildman–Crippen MR) is 157 cm³/mol. The summed E-state index contributed by atoms with van der Waals surface area (Å²) in [7, 11) is -13.6. The summed E-state index contributed by atoms with van der Waals surface area (Å²) in [4.78, 5) is 1.43. The van der Waals surface area contributed by atoms with Gasteiger partial charge in [-0.1, -0.05) is 25.0 Å². The number of hydrogen-bond acceptors (Lipinski definition) is 11. The standard InChI is InChI=1S/C25H28N2O12S4/c1-24(2)18-12-16(40-39-38-28)8-10-20(18)26(14-41(29,30)31)22(24)6-5-7-23-25(3,4)19-13-17(43(35,36)37)9-11-21(19)27(23)15-42(32,33)34/h5-13H,14-15H2,1-4H3,(H3-,28,29,30,31,32,33,34,35,36,37)/p+1. The molecule has 2 aliphatic heterocycles. The second-order valence-corrected chi connectivity index (χ2v) is 15.9. The SMILES string of the molecule is CC1(C)C(=CC=CC2=[N+](CS(=O)(=O)O)c3ccc(SOOO)cc3C2(C)C)N(CS(=O)(=O)O)c2ccc(S(=O)(=O)O)cc21. The molecule has 2 aromatic rings. The molecule has 4 N–H and O–H groups in total. The maximum atomic E-state index is 12.0. The Morgan fingerprint density at radius 2 is 1.58 bits per heavy atom. The van der Waals surface area contributed by atoms with Crippen molar-refractivity contribution in [1.82, 2.24) is 0 Å². The van der Waals surface area contributed by atoms with Gasteiger partial charge in [0.05, 0.1) is 22.4 Å². The number of hydrogen-bond donors (Lipinski definition) is 4. The Hall–Kier alpha value is -2.65. The van der Waals surface area contributed by atoms with Gasteiger partial charge < -0.3 is 4.90 Å². The lowest BCUT2D eigenvalue weighted by Gasteiger charge is -2.25. The van der Waals surface area contributed by atoms with Gasteiger partial charge in [0.25, 0.3) is 26.1 Å². The quantitative estimate of drug-likeness (QED) is 0.0931. The van der Waals surface area contributed by atoms with Gasteiger partial charge in [0.1, 0.15) is 0 Å². The Bertz CT molecular complexity index is 1890. The molecule has 0 amide bonds. The van der Waals surface area contributed by atoms with Crippen molar-refractivity contribution in [3.63, 3.8) is 0 Å². The van der Waals surface area contributed by atoms with E-state index in [2.05, 4.69) is 9.37 Å². The summed E-state index contributed by atoms with van der Waals surface area (Å²) >= 11 is 0.715. The summed E-state index contributed by atoms with van der Waals surface area (Å²) in [5.74, 6) is -1.62. The molecule has 0 saturated heterocycles. The third-order valence-electron chi connectivity index (χ3n) is 7.28. The Morgan fingerprint density at radius 3 is 2.16 bits per heavy atom. The molecule has 18 heteroatoms. The highest BCUT2D eigenvalue weighted by Crippen LogP contribution is 2.49. The van der Waals surface area contributed by atoms with Gasteiger partial charge in [-0.25, -0.2) is 5.26 Å². The van der Waals surface area contributed by atoms with Crippen LogP contribution in [-0.4, -0.2) is 66.2 Å². The van der Waals surface area contributed by atoms with E-state index in [9.17, 15) is 38.9 Å². The molecule has 0 aliphatic carbocycles. The van der Waals surface area contributed by atoms with E-state index in [-0.39, 0.29) is 0 Å². The minimum absolute atomic E-state index is 0.294. The first-order valence-corrected chi connectivity index (χ1v) is 17.7. The topological polar surface area (TPSA) is 208 Å². The van der Waals surface area contributed by atoms with E-state index in [1.54, 1.807) is 50.3 Å². The molecule has 2 aliphatic rings. The first-order valence-electron chi connectivity index (χ1n) is 12.3. The van der Waals surface area contributed by atoms with Crippen molar-refractivity contribution in [2.24, 2.45) is 0 Å². The van der Waals surface area contributed by atoms with Crippen LogP contribution in [0.2, 0.25) is 0 Å². The molecule has 0 spiro atoms. The van der Waals surface area contributed by atoms with Gasteiger partial charge in [0, 0.05) is 39.4 Å². The van der Waals surface area contributed by atoms with E-state index in [1.807, 2.05) is 13.8 Å². The van der Waals surface area contributed by atoms with E-state index in [0.29, 0.717) is 50.8 Å². The second kappa shape index (κ2) is 11.4. The summed E-state index contributed by atoms with van der Waals surface area (Å²) in [6.45, 7) is 7.04.